The van der Waals surface area contributed by atoms with Crippen LogP contribution in [0.5, 0.6) is 5.75 Å². The average molecular weight is 449 g/mol. The number of rotatable bonds is 8. The number of benzene rings is 3. The maximum absolute atomic E-state index is 12.4. The molecule has 31 heavy (non-hydrogen) atoms. The van der Waals surface area contributed by atoms with Crippen LogP contribution in [-0.2, 0) is 10.5 Å². The van der Waals surface area contributed by atoms with Gasteiger partial charge in [-0.1, -0.05) is 54.2 Å². The number of thioether (sulfide) groups is 2. The zero-order valence-electron chi connectivity index (χ0n) is 16.5. The SMILES string of the molecule is O=C(CSc1nnc(CSc2ccccc2)n1-c1ccccc1)Nc1cccc(O)c1. The van der Waals surface area contributed by atoms with Gasteiger partial charge in [-0.2, -0.15) is 0 Å². The summed E-state index contributed by atoms with van der Waals surface area (Å²) in [5.41, 5.74) is 1.50. The van der Waals surface area contributed by atoms with Gasteiger partial charge < -0.3 is 10.4 Å². The van der Waals surface area contributed by atoms with Gasteiger partial charge in [0.25, 0.3) is 0 Å². The van der Waals surface area contributed by atoms with E-state index in [0.29, 0.717) is 16.6 Å². The highest BCUT2D eigenvalue weighted by molar-refractivity contribution is 7.99. The Labute approximate surface area is 188 Å². The lowest BCUT2D eigenvalue weighted by Gasteiger charge is -2.10. The molecule has 0 saturated heterocycles. The van der Waals surface area contributed by atoms with Gasteiger partial charge in [-0.25, -0.2) is 0 Å². The predicted octanol–water partition coefficient (Wildman–Crippen LogP) is 5.00. The van der Waals surface area contributed by atoms with Gasteiger partial charge in [0.2, 0.25) is 5.91 Å². The van der Waals surface area contributed by atoms with Gasteiger partial charge in [0, 0.05) is 22.3 Å². The summed E-state index contributed by atoms with van der Waals surface area (Å²) in [6, 6.07) is 26.5. The molecule has 0 atom stereocenters. The lowest BCUT2D eigenvalue weighted by molar-refractivity contribution is -0.113. The fourth-order valence-corrected chi connectivity index (χ4v) is 4.50. The first kappa shape index (κ1) is 21.0. The molecule has 0 aliphatic heterocycles. The molecule has 8 heteroatoms. The Bertz CT molecular complexity index is 1150. The number of amides is 1. The number of nitrogens with one attached hydrogen (secondary N) is 1. The second-order valence-electron chi connectivity index (χ2n) is 6.56. The molecule has 0 bridgehead atoms. The molecule has 0 unspecified atom stereocenters. The highest BCUT2D eigenvalue weighted by atomic mass is 32.2. The number of carbonyl (C=O) groups excluding carboxylic acids is 1. The van der Waals surface area contributed by atoms with Crippen LogP contribution in [0, 0.1) is 0 Å². The summed E-state index contributed by atoms with van der Waals surface area (Å²) in [7, 11) is 0. The minimum absolute atomic E-state index is 0.106. The first-order valence-corrected chi connectivity index (χ1v) is 11.6. The van der Waals surface area contributed by atoms with Crippen molar-refractivity contribution in [2.24, 2.45) is 0 Å². The van der Waals surface area contributed by atoms with E-state index in [9.17, 15) is 9.90 Å². The maximum atomic E-state index is 12.4. The maximum Gasteiger partial charge on any atom is 0.234 e. The molecular weight excluding hydrogens is 428 g/mol. The standard InChI is InChI=1S/C23H20N4O2S2/c28-19-11-7-8-17(14-19)24-22(29)16-31-23-26-25-21(15-30-20-12-5-2-6-13-20)27(23)18-9-3-1-4-10-18/h1-14,28H,15-16H2,(H,24,29). The van der Waals surface area contributed by atoms with Gasteiger partial charge in [0.05, 0.1) is 11.5 Å². The van der Waals surface area contributed by atoms with E-state index >= 15 is 0 Å². The second kappa shape index (κ2) is 10.2. The van der Waals surface area contributed by atoms with Gasteiger partial charge in [0.15, 0.2) is 5.16 Å². The summed E-state index contributed by atoms with van der Waals surface area (Å²) < 4.78 is 1.99. The number of anilines is 1. The minimum Gasteiger partial charge on any atom is -0.508 e. The summed E-state index contributed by atoms with van der Waals surface area (Å²) in [6.45, 7) is 0. The average Bonchev–Trinajstić information content (AvgIpc) is 3.20. The Morgan fingerprint density at radius 3 is 2.39 bits per heavy atom. The van der Waals surface area contributed by atoms with Crippen molar-refractivity contribution in [3.8, 4) is 11.4 Å². The van der Waals surface area contributed by atoms with Crippen molar-refractivity contribution in [3.05, 3.63) is 90.8 Å². The smallest absolute Gasteiger partial charge is 0.234 e. The third kappa shape index (κ3) is 5.68. The van der Waals surface area contributed by atoms with Crippen LogP contribution in [0.25, 0.3) is 5.69 Å². The van der Waals surface area contributed by atoms with E-state index in [2.05, 4.69) is 27.6 Å². The first-order valence-electron chi connectivity index (χ1n) is 9.58. The third-order valence-electron chi connectivity index (χ3n) is 4.29. The summed E-state index contributed by atoms with van der Waals surface area (Å²) >= 11 is 3.01. The number of aromatic hydroxyl groups is 1. The molecule has 0 fully saturated rings. The van der Waals surface area contributed by atoms with E-state index in [1.165, 1.54) is 17.8 Å². The number of carbonyl (C=O) groups is 1. The van der Waals surface area contributed by atoms with E-state index in [-0.39, 0.29) is 17.4 Å². The lowest BCUT2D eigenvalue weighted by atomic mass is 10.3. The molecule has 156 valence electrons. The van der Waals surface area contributed by atoms with E-state index in [4.69, 9.17) is 0 Å². The van der Waals surface area contributed by atoms with Gasteiger partial charge in [0.1, 0.15) is 11.6 Å². The molecule has 0 aliphatic rings. The molecule has 2 N–H and O–H groups in total. The second-order valence-corrected chi connectivity index (χ2v) is 8.55. The van der Waals surface area contributed by atoms with Gasteiger partial charge in [-0.15, -0.1) is 22.0 Å². The number of aromatic nitrogens is 3. The molecular formula is C23H20N4O2S2. The monoisotopic (exact) mass is 448 g/mol. The first-order chi connectivity index (χ1) is 15.2. The predicted molar refractivity (Wildman–Crippen MR) is 125 cm³/mol. The number of hydrogen-bond donors (Lipinski definition) is 2. The Balaban J connectivity index is 1.49. The fourth-order valence-electron chi connectivity index (χ4n) is 2.90. The van der Waals surface area contributed by atoms with Crippen molar-refractivity contribution in [1.82, 2.24) is 14.8 Å². The van der Waals surface area contributed by atoms with E-state index in [1.807, 2.05) is 53.1 Å². The molecule has 0 radical (unpaired) electrons. The summed E-state index contributed by atoms with van der Waals surface area (Å²) in [5, 5.41) is 21.7. The number of para-hydroxylation sites is 1. The molecule has 6 nitrogen and oxygen atoms in total. The number of phenolic OH excluding ortho intramolecular Hbond substituents is 1. The van der Waals surface area contributed by atoms with Crippen molar-refractivity contribution in [3.63, 3.8) is 0 Å². The highest BCUT2D eigenvalue weighted by Gasteiger charge is 2.16. The van der Waals surface area contributed by atoms with E-state index < -0.39 is 0 Å². The van der Waals surface area contributed by atoms with Crippen LogP contribution in [0.2, 0.25) is 0 Å². The highest BCUT2D eigenvalue weighted by Crippen LogP contribution is 2.27. The molecule has 0 spiro atoms. The molecule has 3 aromatic carbocycles. The molecule has 4 rings (SSSR count). The van der Waals surface area contributed by atoms with E-state index in [1.54, 1.807) is 30.0 Å². The van der Waals surface area contributed by atoms with Crippen LogP contribution in [0.3, 0.4) is 0 Å². The molecule has 4 aromatic rings. The third-order valence-corrected chi connectivity index (χ3v) is 6.23. The van der Waals surface area contributed by atoms with Crippen molar-refractivity contribution < 1.29 is 9.90 Å². The molecule has 1 amide bonds. The van der Waals surface area contributed by atoms with Crippen molar-refractivity contribution >= 4 is 35.1 Å². The summed E-state index contributed by atoms with van der Waals surface area (Å²) in [5.74, 6) is 1.57. The summed E-state index contributed by atoms with van der Waals surface area (Å²) in [6.07, 6.45) is 0. The van der Waals surface area contributed by atoms with Crippen LogP contribution in [-0.4, -0.2) is 31.5 Å². The van der Waals surface area contributed by atoms with Crippen molar-refractivity contribution in [1.29, 1.82) is 0 Å². The van der Waals surface area contributed by atoms with Crippen LogP contribution < -0.4 is 5.32 Å². The van der Waals surface area contributed by atoms with Crippen LogP contribution >= 0.6 is 23.5 Å². The normalized spacial score (nSPS) is 10.7. The topological polar surface area (TPSA) is 80.0 Å². The molecule has 0 saturated carbocycles. The Morgan fingerprint density at radius 1 is 0.903 bits per heavy atom. The van der Waals surface area contributed by atoms with Crippen LogP contribution in [0.4, 0.5) is 5.69 Å². The number of nitrogens with zero attached hydrogens (tertiary/aromatic N) is 3. The molecule has 1 aromatic heterocycles. The molecule has 1 heterocycles. The van der Waals surface area contributed by atoms with Crippen molar-refractivity contribution in [2.45, 2.75) is 15.8 Å². The van der Waals surface area contributed by atoms with Crippen LogP contribution in [0.15, 0.2) is 95.0 Å². The largest absolute Gasteiger partial charge is 0.508 e. The Hall–Kier alpha value is -3.23. The van der Waals surface area contributed by atoms with Gasteiger partial charge in [-0.3, -0.25) is 9.36 Å². The molecule has 0 aliphatic carbocycles. The van der Waals surface area contributed by atoms with E-state index in [0.717, 1.165) is 16.4 Å². The fraction of sp³-hybridized carbons (Fsp3) is 0.0870. The van der Waals surface area contributed by atoms with Gasteiger partial charge in [-0.05, 0) is 36.4 Å². The zero-order valence-corrected chi connectivity index (χ0v) is 18.1. The Kier molecular flexibility index (Phi) is 6.91. The quantitative estimate of drug-likeness (QED) is 0.370. The zero-order chi connectivity index (χ0) is 21.5. The van der Waals surface area contributed by atoms with Crippen molar-refractivity contribution in [2.75, 3.05) is 11.1 Å². The lowest BCUT2D eigenvalue weighted by Crippen LogP contribution is -2.14. The number of phenols is 1. The van der Waals surface area contributed by atoms with Crippen LogP contribution in [0.1, 0.15) is 5.82 Å². The number of hydrogen-bond acceptors (Lipinski definition) is 6. The Morgan fingerprint density at radius 2 is 1.65 bits per heavy atom. The minimum atomic E-state index is -0.182. The van der Waals surface area contributed by atoms with Gasteiger partial charge >= 0.3 is 0 Å². The summed E-state index contributed by atoms with van der Waals surface area (Å²) in [4.78, 5) is 13.5.